The van der Waals surface area contributed by atoms with Crippen molar-refractivity contribution in [3.63, 3.8) is 0 Å². The second-order valence-corrected chi connectivity index (χ2v) is 5.46. The Hall–Kier alpha value is -0.160. The van der Waals surface area contributed by atoms with E-state index in [4.69, 9.17) is 15.2 Å². The Balaban J connectivity index is 1.96. The number of nitrogens with zero attached hydrogens (tertiary/aromatic N) is 1. The highest BCUT2D eigenvalue weighted by Crippen LogP contribution is 2.25. The van der Waals surface area contributed by atoms with E-state index in [1.165, 1.54) is 0 Å². The second-order valence-electron chi connectivity index (χ2n) is 5.46. The second kappa shape index (κ2) is 6.14. The molecule has 1 unspecified atom stereocenters. The van der Waals surface area contributed by atoms with Crippen LogP contribution in [0.25, 0.3) is 0 Å². The first-order valence-electron chi connectivity index (χ1n) is 6.88. The minimum absolute atomic E-state index is 0.327. The minimum atomic E-state index is 0.327. The Morgan fingerprint density at radius 3 is 2.29 bits per heavy atom. The van der Waals surface area contributed by atoms with Gasteiger partial charge >= 0.3 is 0 Å². The molecule has 4 heteroatoms. The van der Waals surface area contributed by atoms with Crippen LogP contribution >= 0.6 is 0 Å². The topological polar surface area (TPSA) is 47.7 Å². The van der Waals surface area contributed by atoms with Crippen LogP contribution in [0.3, 0.4) is 0 Å². The van der Waals surface area contributed by atoms with Crippen molar-refractivity contribution < 1.29 is 9.47 Å². The standard InChI is InChI=1S/C13H26N2O2/c1-10-8-15(9-11(2)17-10)13(7-14)12-3-5-16-6-4-12/h10-13H,3-9,14H2,1-2H3/t10-,11+,13?. The van der Waals surface area contributed by atoms with Crippen molar-refractivity contribution in [2.45, 2.75) is 44.9 Å². The van der Waals surface area contributed by atoms with Gasteiger partial charge in [0.2, 0.25) is 0 Å². The fraction of sp³-hybridized carbons (Fsp3) is 1.00. The Morgan fingerprint density at radius 1 is 1.18 bits per heavy atom. The van der Waals surface area contributed by atoms with Gasteiger partial charge in [-0.15, -0.1) is 0 Å². The van der Waals surface area contributed by atoms with Crippen molar-refractivity contribution in [2.75, 3.05) is 32.8 Å². The number of hydrogen-bond donors (Lipinski definition) is 1. The molecule has 2 heterocycles. The van der Waals surface area contributed by atoms with Gasteiger partial charge in [0.25, 0.3) is 0 Å². The third-order valence-electron chi connectivity index (χ3n) is 3.97. The van der Waals surface area contributed by atoms with Gasteiger partial charge in [0.1, 0.15) is 0 Å². The highest BCUT2D eigenvalue weighted by atomic mass is 16.5. The lowest BCUT2D eigenvalue weighted by molar-refractivity contribution is -0.0917. The van der Waals surface area contributed by atoms with Crippen molar-refractivity contribution in [2.24, 2.45) is 11.7 Å². The van der Waals surface area contributed by atoms with Crippen LogP contribution in [0.5, 0.6) is 0 Å². The molecule has 2 rings (SSSR count). The zero-order chi connectivity index (χ0) is 12.3. The molecule has 0 aromatic heterocycles. The third-order valence-corrected chi connectivity index (χ3v) is 3.97. The summed E-state index contributed by atoms with van der Waals surface area (Å²) in [6.07, 6.45) is 2.96. The van der Waals surface area contributed by atoms with Crippen molar-refractivity contribution >= 4 is 0 Å². The number of nitrogens with two attached hydrogens (primary N) is 1. The van der Waals surface area contributed by atoms with E-state index in [0.29, 0.717) is 24.2 Å². The molecule has 2 N–H and O–H groups in total. The normalized spacial score (nSPS) is 34.8. The summed E-state index contributed by atoms with van der Waals surface area (Å²) < 4.78 is 11.2. The molecule has 3 atom stereocenters. The fourth-order valence-electron chi connectivity index (χ4n) is 3.23. The molecule has 2 aliphatic heterocycles. The predicted octanol–water partition coefficient (Wildman–Crippen LogP) is 0.850. The van der Waals surface area contributed by atoms with Crippen LogP contribution in [-0.2, 0) is 9.47 Å². The summed E-state index contributed by atoms with van der Waals surface area (Å²) in [6.45, 7) is 8.89. The molecule has 2 aliphatic rings. The van der Waals surface area contributed by atoms with E-state index >= 15 is 0 Å². The molecule has 2 saturated heterocycles. The van der Waals surface area contributed by atoms with Crippen LogP contribution in [0.1, 0.15) is 26.7 Å². The van der Waals surface area contributed by atoms with Gasteiger partial charge in [0.05, 0.1) is 12.2 Å². The first-order chi connectivity index (χ1) is 8.20. The van der Waals surface area contributed by atoms with Gasteiger partial charge in [-0.1, -0.05) is 0 Å². The smallest absolute Gasteiger partial charge is 0.0678 e. The monoisotopic (exact) mass is 242 g/mol. The maximum atomic E-state index is 6.00. The lowest BCUT2D eigenvalue weighted by Gasteiger charge is -2.43. The van der Waals surface area contributed by atoms with Crippen molar-refractivity contribution in [3.8, 4) is 0 Å². The predicted molar refractivity (Wildman–Crippen MR) is 68.0 cm³/mol. The van der Waals surface area contributed by atoms with Crippen LogP contribution < -0.4 is 5.73 Å². The lowest BCUT2D eigenvalue weighted by Crippen LogP contribution is -2.55. The molecule has 0 radical (unpaired) electrons. The highest BCUT2D eigenvalue weighted by Gasteiger charge is 2.32. The molecule has 2 fully saturated rings. The Labute approximate surface area is 104 Å². The quantitative estimate of drug-likeness (QED) is 0.797. The van der Waals surface area contributed by atoms with E-state index < -0.39 is 0 Å². The molecular weight excluding hydrogens is 216 g/mol. The molecule has 0 saturated carbocycles. The molecule has 0 aromatic carbocycles. The average Bonchev–Trinajstić information content (AvgIpc) is 2.30. The van der Waals surface area contributed by atoms with Gasteiger partial charge < -0.3 is 15.2 Å². The number of ether oxygens (including phenoxy) is 2. The first kappa shape index (κ1) is 13.3. The van der Waals surface area contributed by atoms with Gasteiger partial charge in [-0.3, -0.25) is 4.90 Å². The zero-order valence-electron chi connectivity index (χ0n) is 11.1. The molecule has 0 aromatic rings. The van der Waals surface area contributed by atoms with Crippen LogP contribution in [0.2, 0.25) is 0 Å². The van der Waals surface area contributed by atoms with E-state index in [1.807, 2.05) is 0 Å². The maximum absolute atomic E-state index is 6.00. The highest BCUT2D eigenvalue weighted by molar-refractivity contribution is 4.86. The average molecular weight is 242 g/mol. The summed E-state index contributed by atoms with van der Waals surface area (Å²) in [5.41, 5.74) is 6.00. The number of morpholine rings is 1. The molecule has 0 amide bonds. The summed E-state index contributed by atoms with van der Waals surface area (Å²) in [5.74, 6) is 0.700. The number of rotatable bonds is 3. The third kappa shape index (κ3) is 3.41. The molecule has 4 nitrogen and oxygen atoms in total. The first-order valence-corrected chi connectivity index (χ1v) is 6.88. The van der Waals surface area contributed by atoms with Gasteiger partial charge in [-0.2, -0.15) is 0 Å². The van der Waals surface area contributed by atoms with Crippen molar-refractivity contribution in [1.82, 2.24) is 4.90 Å². The Bertz CT molecular complexity index is 221. The zero-order valence-corrected chi connectivity index (χ0v) is 11.1. The fourth-order valence-corrected chi connectivity index (χ4v) is 3.23. The molecule has 0 aliphatic carbocycles. The van der Waals surface area contributed by atoms with E-state index in [2.05, 4.69) is 18.7 Å². The summed E-state index contributed by atoms with van der Waals surface area (Å²) in [5, 5.41) is 0. The molecule has 100 valence electrons. The SMILES string of the molecule is C[C@@H]1CN(C(CN)C2CCOCC2)C[C@H](C)O1. The van der Waals surface area contributed by atoms with Crippen molar-refractivity contribution in [3.05, 3.63) is 0 Å². The number of hydrogen-bond acceptors (Lipinski definition) is 4. The Kier molecular flexibility index (Phi) is 4.79. The van der Waals surface area contributed by atoms with Gasteiger partial charge in [0.15, 0.2) is 0 Å². The van der Waals surface area contributed by atoms with Crippen LogP contribution in [-0.4, -0.2) is 56.0 Å². The van der Waals surface area contributed by atoms with Gasteiger partial charge in [0, 0.05) is 38.9 Å². The van der Waals surface area contributed by atoms with Crippen LogP contribution in [0.4, 0.5) is 0 Å². The Morgan fingerprint density at radius 2 is 1.76 bits per heavy atom. The van der Waals surface area contributed by atoms with E-state index in [-0.39, 0.29) is 0 Å². The maximum Gasteiger partial charge on any atom is 0.0678 e. The minimum Gasteiger partial charge on any atom is -0.381 e. The summed E-state index contributed by atoms with van der Waals surface area (Å²) in [4.78, 5) is 2.54. The molecule has 0 spiro atoms. The largest absolute Gasteiger partial charge is 0.381 e. The van der Waals surface area contributed by atoms with Crippen LogP contribution in [0.15, 0.2) is 0 Å². The van der Waals surface area contributed by atoms with Gasteiger partial charge in [-0.25, -0.2) is 0 Å². The molecule has 17 heavy (non-hydrogen) atoms. The lowest BCUT2D eigenvalue weighted by atomic mass is 9.90. The molecular formula is C13H26N2O2. The van der Waals surface area contributed by atoms with E-state index in [1.54, 1.807) is 0 Å². The molecule has 0 bridgehead atoms. The van der Waals surface area contributed by atoms with E-state index in [9.17, 15) is 0 Å². The van der Waals surface area contributed by atoms with E-state index in [0.717, 1.165) is 45.7 Å². The summed E-state index contributed by atoms with van der Waals surface area (Å²) in [6, 6.07) is 0.507. The van der Waals surface area contributed by atoms with Crippen molar-refractivity contribution in [1.29, 1.82) is 0 Å². The van der Waals surface area contributed by atoms with Crippen LogP contribution in [0, 0.1) is 5.92 Å². The summed E-state index contributed by atoms with van der Waals surface area (Å²) in [7, 11) is 0. The van der Waals surface area contributed by atoms with Gasteiger partial charge in [-0.05, 0) is 32.6 Å². The summed E-state index contributed by atoms with van der Waals surface area (Å²) >= 11 is 0.